The van der Waals surface area contributed by atoms with E-state index in [2.05, 4.69) is 50.1 Å². The fourth-order valence-electron chi connectivity index (χ4n) is 1.87. The molecule has 1 aromatic heterocycles. The van der Waals surface area contributed by atoms with Crippen LogP contribution >= 0.6 is 15.9 Å². The molecule has 0 amide bonds. The van der Waals surface area contributed by atoms with Gasteiger partial charge in [0.15, 0.2) is 0 Å². The number of nitrogens with zero attached hydrogens (tertiary/aromatic N) is 2. The normalized spacial score (nSPS) is 12.2. The summed E-state index contributed by atoms with van der Waals surface area (Å²) in [5.74, 6) is 0.942. The first-order valence-corrected chi connectivity index (χ1v) is 7.02. The van der Waals surface area contributed by atoms with Crippen molar-refractivity contribution in [2.24, 2.45) is 5.73 Å². The summed E-state index contributed by atoms with van der Waals surface area (Å²) < 4.78 is 1.09. The van der Waals surface area contributed by atoms with Crippen LogP contribution in [0.2, 0.25) is 0 Å². The summed E-state index contributed by atoms with van der Waals surface area (Å²) in [6, 6.07) is 12.4. The first kappa shape index (κ1) is 14.0. The second-order valence-electron chi connectivity index (χ2n) is 4.72. The zero-order valence-corrected chi connectivity index (χ0v) is 12.8. The molecule has 0 radical (unpaired) electrons. The molecule has 0 aliphatic carbocycles. The van der Waals surface area contributed by atoms with Gasteiger partial charge in [0, 0.05) is 30.3 Å². The van der Waals surface area contributed by atoms with Crippen LogP contribution in [0.25, 0.3) is 0 Å². The van der Waals surface area contributed by atoms with Crippen LogP contribution in [0.4, 0.5) is 5.82 Å². The fourth-order valence-corrected chi connectivity index (χ4v) is 2.14. The van der Waals surface area contributed by atoms with E-state index in [-0.39, 0.29) is 6.04 Å². The Labute approximate surface area is 122 Å². The van der Waals surface area contributed by atoms with E-state index in [1.165, 1.54) is 5.56 Å². The van der Waals surface area contributed by atoms with Crippen LogP contribution in [0.3, 0.4) is 0 Å². The van der Waals surface area contributed by atoms with Crippen molar-refractivity contribution in [3.8, 4) is 0 Å². The Morgan fingerprint density at radius 2 is 1.95 bits per heavy atom. The summed E-state index contributed by atoms with van der Waals surface area (Å²) in [6.07, 6.45) is 1.81. The Balaban J connectivity index is 2.13. The number of benzene rings is 1. The van der Waals surface area contributed by atoms with Gasteiger partial charge in [-0.3, -0.25) is 0 Å². The molecule has 0 saturated carbocycles. The Hall–Kier alpha value is -1.39. The molecule has 2 N–H and O–H groups in total. The van der Waals surface area contributed by atoms with Gasteiger partial charge in [0.1, 0.15) is 5.82 Å². The lowest BCUT2D eigenvalue weighted by molar-refractivity contribution is 0.809. The summed E-state index contributed by atoms with van der Waals surface area (Å²) in [6.45, 7) is 2.80. The number of rotatable bonds is 4. The van der Waals surface area contributed by atoms with Crippen molar-refractivity contribution < 1.29 is 0 Å². The van der Waals surface area contributed by atoms with E-state index in [4.69, 9.17) is 5.73 Å². The molecule has 1 aromatic carbocycles. The Morgan fingerprint density at radius 3 is 2.58 bits per heavy atom. The topological polar surface area (TPSA) is 42.1 Å². The zero-order chi connectivity index (χ0) is 13.8. The van der Waals surface area contributed by atoms with Crippen LogP contribution < -0.4 is 10.6 Å². The molecular formula is C15H18BrN3. The molecule has 0 fully saturated rings. The molecule has 2 aromatic rings. The van der Waals surface area contributed by atoms with Crippen molar-refractivity contribution in [1.29, 1.82) is 0 Å². The van der Waals surface area contributed by atoms with Gasteiger partial charge >= 0.3 is 0 Å². The van der Waals surface area contributed by atoms with E-state index >= 15 is 0 Å². The lowest BCUT2D eigenvalue weighted by atomic mass is 10.1. The number of anilines is 1. The molecule has 1 atom stereocenters. The fraction of sp³-hybridized carbons (Fsp3) is 0.267. The molecule has 0 spiro atoms. The van der Waals surface area contributed by atoms with Crippen molar-refractivity contribution in [3.63, 3.8) is 0 Å². The van der Waals surface area contributed by atoms with Gasteiger partial charge in [-0.1, -0.05) is 28.1 Å². The van der Waals surface area contributed by atoms with Crippen LogP contribution in [0.1, 0.15) is 24.1 Å². The molecule has 0 unspecified atom stereocenters. The number of aromatic nitrogens is 1. The largest absolute Gasteiger partial charge is 0.355 e. The molecule has 0 aliphatic rings. The van der Waals surface area contributed by atoms with E-state index in [0.29, 0.717) is 0 Å². The van der Waals surface area contributed by atoms with E-state index in [0.717, 1.165) is 22.4 Å². The average Bonchev–Trinajstić information content (AvgIpc) is 2.41. The Morgan fingerprint density at radius 1 is 1.26 bits per heavy atom. The van der Waals surface area contributed by atoms with Gasteiger partial charge in [-0.2, -0.15) is 0 Å². The van der Waals surface area contributed by atoms with Crippen LogP contribution in [-0.2, 0) is 6.54 Å². The van der Waals surface area contributed by atoms with Crippen LogP contribution in [0.5, 0.6) is 0 Å². The summed E-state index contributed by atoms with van der Waals surface area (Å²) in [5, 5.41) is 0. The minimum Gasteiger partial charge on any atom is -0.355 e. The summed E-state index contributed by atoms with van der Waals surface area (Å²) in [7, 11) is 2.04. The highest BCUT2D eigenvalue weighted by atomic mass is 79.9. The van der Waals surface area contributed by atoms with Crippen LogP contribution in [0.15, 0.2) is 47.1 Å². The second kappa shape index (κ2) is 6.17. The molecule has 1 heterocycles. The third kappa shape index (κ3) is 3.78. The van der Waals surface area contributed by atoms with Gasteiger partial charge in [-0.15, -0.1) is 0 Å². The number of hydrogen-bond donors (Lipinski definition) is 1. The molecule has 19 heavy (non-hydrogen) atoms. The lowest BCUT2D eigenvalue weighted by Gasteiger charge is -2.19. The maximum atomic E-state index is 5.90. The monoisotopic (exact) mass is 319 g/mol. The van der Waals surface area contributed by atoms with E-state index in [1.54, 1.807) is 0 Å². The van der Waals surface area contributed by atoms with Gasteiger partial charge in [0.2, 0.25) is 0 Å². The maximum Gasteiger partial charge on any atom is 0.128 e. The molecule has 4 heteroatoms. The average molecular weight is 320 g/mol. The first-order chi connectivity index (χ1) is 9.06. The molecule has 0 bridgehead atoms. The van der Waals surface area contributed by atoms with Crippen molar-refractivity contribution >= 4 is 21.7 Å². The third-order valence-electron chi connectivity index (χ3n) is 3.02. The highest BCUT2D eigenvalue weighted by Gasteiger charge is 2.06. The van der Waals surface area contributed by atoms with E-state index in [1.807, 2.05) is 32.3 Å². The SMILES string of the molecule is C[C@@H](N)c1ccnc(N(C)Cc2ccc(Br)cc2)c1. The summed E-state index contributed by atoms with van der Waals surface area (Å²) in [5.41, 5.74) is 8.25. The molecule has 0 saturated heterocycles. The van der Waals surface area contributed by atoms with Crippen LogP contribution in [-0.4, -0.2) is 12.0 Å². The zero-order valence-electron chi connectivity index (χ0n) is 11.2. The van der Waals surface area contributed by atoms with Gasteiger partial charge in [0.25, 0.3) is 0 Å². The number of pyridine rings is 1. The highest BCUT2D eigenvalue weighted by Crippen LogP contribution is 2.18. The van der Waals surface area contributed by atoms with E-state index in [9.17, 15) is 0 Å². The van der Waals surface area contributed by atoms with Crippen LogP contribution in [0, 0.1) is 0 Å². The quantitative estimate of drug-likeness (QED) is 0.937. The van der Waals surface area contributed by atoms with Crippen molar-refractivity contribution in [2.45, 2.75) is 19.5 Å². The molecule has 3 nitrogen and oxygen atoms in total. The smallest absolute Gasteiger partial charge is 0.128 e. The van der Waals surface area contributed by atoms with Gasteiger partial charge in [-0.05, 0) is 42.3 Å². The minimum absolute atomic E-state index is 0.0304. The van der Waals surface area contributed by atoms with Crippen molar-refractivity contribution in [2.75, 3.05) is 11.9 Å². The minimum atomic E-state index is 0.0304. The Bertz CT molecular complexity index is 537. The van der Waals surface area contributed by atoms with Gasteiger partial charge in [-0.25, -0.2) is 4.98 Å². The molecular weight excluding hydrogens is 302 g/mol. The van der Waals surface area contributed by atoms with Crippen molar-refractivity contribution in [3.05, 3.63) is 58.2 Å². The number of hydrogen-bond acceptors (Lipinski definition) is 3. The van der Waals surface area contributed by atoms with Crippen molar-refractivity contribution in [1.82, 2.24) is 4.98 Å². The Kier molecular flexibility index (Phi) is 4.56. The number of nitrogens with two attached hydrogens (primary N) is 1. The molecule has 100 valence electrons. The summed E-state index contributed by atoms with van der Waals surface area (Å²) in [4.78, 5) is 6.52. The van der Waals surface area contributed by atoms with Gasteiger partial charge in [0.05, 0.1) is 0 Å². The number of halogens is 1. The molecule has 2 rings (SSSR count). The standard InChI is InChI=1S/C15H18BrN3/c1-11(17)13-7-8-18-15(9-13)19(2)10-12-3-5-14(16)6-4-12/h3-9,11H,10,17H2,1-2H3/t11-/m1/s1. The molecule has 0 aliphatic heterocycles. The van der Waals surface area contributed by atoms with E-state index < -0.39 is 0 Å². The maximum absolute atomic E-state index is 5.90. The third-order valence-corrected chi connectivity index (χ3v) is 3.55. The second-order valence-corrected chi connectivity index (χ2v) is 5.63. The predicted octanol–water partition coefficient (Wildman–Crippen LogP) is 3.50. The first-order valence-electron chi connectivity index (χ1n) is 6.23. The predicted molar refractivity (Wildman–Crippen MR) is 83.1 cm³/mol. The summed E-state index contributed by atoms with van der Waals surface area (Å²) >= 11 is 3.44. The lowest BCUT2D eigenvalue weighted by Crippen LogP contribution is -2.18. The van der Waals surface area contributed by atoms with Gasteiger partial charge < -0.3 is 10.6 Å². The highest BCUT2D eigenvalue weighted by molar-refractivity contribution is 9.10.